The number of thioether (sulfide) groups is 1. The van der Waals surface area contributed by atoms with Crippen molar-refractivity contribution in [3.63, 3.8) is 0 Å². The smallest absolute Gasteiger partial charge is 0.412 e. The Morgan fingerprint density at radius 1 is 1.21 bits per heavy atom. The number of ether oxygens (including phenoxy) is 2. The Balaban J connectivity index is 2.14. The Kier molecular flexibility index (Phi) is 7.76. The molecule has 1 atom stereocenters. The third kappa shape index (κ3) is 6.24. The summed E-state index contributed by atoms with van der Waals surface area (Å²) in [5, 5.41) is 21.4. The molecule has 1 amide bonds. The quantitative estimate of drug-likeness (QED) is 0.442. The number of aliphatic carboxylic acids is 1. The summed E-state index contributed by atoms with van der Waals surface area (Å²) >= 11 is 1.59. The fraction of sp³-hybridized carbons (Fsp3) is 0.200. The first-order valence-corrected chi connectivity index (χ1v) is 9.53. The van der Waals surface area contributed by atoms with E-state index in [4.69, 9.17) is 14.6 Å². The van der Waals surface area contributed by atoms with Gasteiger partial charge in [-0.2, -0.15) is 0 Å². The van der Waals surface area contributed by atoms with Crippen LogP contribution in [0.3, 0.4) is 0 Å². The second-order valence-electron chi connectivity index (χ2n) is 5.66. The fourth-order valence-electron chi connectivity index (χ4n) is 2.40. The molecule has 0 fully saturated rings. The molecule has 3 N–H and O–H groups in total. The van der Waals surface area contributed by atoms with Crippen molar-refractivity contribution < 1.29 is 29.3 Å². The van der Waals surface area contributed by atoms with E-state index in [0.717, 1.165) is 11.0 Å². The topological polar surface area (TPSA) is 105 Å². The number of hydrogen-bond acceptors (Lipinski definition) is 6. The number of methoxy groups -OCH3 is 1. The van der Waals surface area contributed by atoms with Gasteiger partial charge in [-0.1, -0.05) is 12.1 Å². The number of rotatable bonds is 8. The van der Waals surface area contributed by atoms with Crippen LogP contribution in [0.2, 0.25) is 0 Å². The van der Waals surface area contributed by atoms with Gasteiger partial charge in [-0.15, -0.1) is 11.8 Å². The number of carboxylic acid groups (broad SMARTS) is 1. The van der Waals surface area contributed by atoms with Gasteiger partial charge in [0.15, 0.2) is 11.5 Å². The number of anilines is 1. The molecular formula is C20H21NO6S. The number of carbonyl (C=O) groups excluding carboxylic acids is 1. The van der Waals surface area contributed by atoms with Crippen molar-refractivity contribution in [2.45, 2.75) is 17.4 Å². The van der Waals surface area contributed by atoms with Gasteiger partial charge in [0.1, 0.15) is 6.10 Å². The molecule has 28 heavy (non-hydrogen) atoms. The zero-order valence-electron chi connectivity index (χ0n) is 15.4. The van der Waals surface area contributed by atoms with Gasteiger partial charge in [0.25, 0.3) is 0 Å². The lowest BCUT2D eigenvalue weighted by atomic mass is 10.1. The van der Waals surface area contributed by atoms with Crippen LogP contribution >= 0.6 is 11.8 Å². The van der Waals surface area contributed by atoms with Crippen LogP contribution in [0, 0.1) is 0 Å². The van der Waals surface area contributed by atoms with E-state index in [1.807, 2.05) is 18.4 Å². The third-order valence-corrected chi connectivity index (χ3v) is 4.51. The summed E-state index contributed by atoms with van der Waals surface area (Å²) in [7, 11) is 1.42. The largest absolute Gasteiger partial charge is 0.504 e. The molecule has 0 aliphatic rings. The summed E-state index contributed by atoms with van der Waals surface area (Å²) in [5.74, 6) is -0.930. The standard InChI is InChI=1S/C20H21NO6S/c1-26-18-11-6-13(12-16(18)22)17(4-3-5-19(23)24)27-20(25)21-14-7-9-15(28-2)10-8-14/h3,5-12,17,22H,4H2,1-2H3,(H,21,25)(H,23,24)/b5-3+/t17-/m1/s1. The van der Waals surface area contributed by atoms with Crippen molar-refractivity contribution in [3.8, 4) is 11.5 Å². The highest BCUT2D eigenvalue weighted by Crippen LogP contribution is 2.32. The van der Waals surface area contributed by atoms with Crippen LogP contribution < -0.4 is 10.1 Å². The molecule has 0 saturated carbocycles. The van der Waals surface area contributed by atoms with Gasteiger partial charge in [0.05, 0.1) is 7.11 Å². The Morgan fingerprint density at radius 2 is 1.93 bits per heavy atom. The summed E-state index contributed by atoms with van der Waals surface area (Å²) < 4.78 is 10.5. The molecule has 2 aromatic rings. The monoisotopic (exact) mass is 403 g/mol. The van der Waals surface area contributed by atoms with Crippen LogP contribution in [0.1, 0.15) is 18.1 Å². The fourth-order valence-corrected chi connectivity index (χ4v) is 2.81. The minimum Gasteiger partial charge on any atom is -0.504 e. The van der Waals surface area contributed by atoms with Gasteiger partial charge < -0.3 is 19.7 Å². The number of benzene rings is 2. The number of phenolic OH excluding ortho intramolecular Hbond substituents is 1. The molecule has 0 aliphatic carbocycles. The van der Waals surface area contributed by atoms with E-state index >= 15 is 0 Å². The van der Waals surface area contributed by atoms with Crippen molar-refractivity contribution in [1.29, 1.82) is 0 Å². The van der Waals surface area contributed by atoms with Gasteiger partial charge in [-0.3, -0.25) is 5.32 Å². The first-order chi connectivity index (χ1) is 13.4. The van der Waals surface area contributed by atoms with Crippen molar-refractivity contribution in [1.82, 2.24) is 0 Å². The molecule has 7 nitrogen and oxygen atoms in total. The number of hydrogen-bond donors (Lipinski definition) is 3. The summed E-state index contributed by atoms with van der Waals surface area (Å²) in [6, 6.07) is 11.8. The van der Waals surface area contributed by atoms with Crippen molar-refractivity contribution in [2.75, 3.05) is 18.7 Å². The van der Waals surface area contributed by atoms with Gasteiger partial charge in [-0.25, -0.2) is 9.59 Å². The Bertz CT molecular complexity index is 850. The molecule has 0 heterocycles. The summed E-state index contributed by atoms with van der Waals surface area (Å²) in [4.78, 5) is 24.1. The van der Waals surface area contributed by atoms with E-state index in [2.05, 4.69) is 5.32 Å². The highest BCUT2D eigenvalue weighted by Gasteiger charge is 2.18. The van der Waals surface area contributed by atoms with E-state index in [-0.39, 0.29) is 17.9 Å². The van der Waals surface area contributed by atoms with E-state index in [1.165, 1.54) is 19.3 Å². The highest BCUT2D eigenvalue weighted by molar-refractivity contribution is 7.98. The highest BCUT2D eigenvalue weighted by atomic mass is 32.2. The van der Waals surface area contributed by atoms with Gasteiger partial charge in [0.2, 0.25) is 0 Å². The van der Waals surface area contributed by atoms with Crippen LogP contribution in [-0.2, 0) is 9.53 Å². The first-order valence-electron chi connectivity index (χ1n) is 8.31. The molecule has 0 radical (unpaired) electrons. The second kappa shape index (κ2) is 10.3. The molecule has 2 rings (SSSR count). The number of nitrogens with one attached hydrogen (secondary N) is 1. The van der Waals surface area contributed by atoms with Crippen LogP contribution in [-0.4, -0.2) is 35.6 Å². The summed E-state index contributed by atoms with van der Waals surface area (Å²) in [5.41, 5.74) is 1.07. The zero-order chi connectivity index (χ0) is 20.5. The Hall–Kier alpha value is -3.13. The Labute approximate surface area is 167 Å². The number of carbonyl (C=O) groups is 2. The number of carboxylic acids is 1. The van der Waals surface area contributed by atoms with E-state index < -0.39 is 18.2 Å². The number of aromatic hydroxyl groups is 1. The number of amides is 1. The molecule has 0 bridgehead atoms. The first kappa shape index (κ1) is 21.2. The molecule has 0 unspecified atom stereocenters. The lowest BCUT2D eigenvalue weighted by Gasteiger charge is -2.18. The van der Waals surface area contributed by atoms with Crippen LogP contribution in [0.5, 0.6) is 11.5 Å². The van der Waals surface area contributed by atoms with Crippen LogP contribution in [0.4, 0.5) is 10.5 Å². The normalized spacial score (nSPS) is 11.8. The van der Waals surface area contributed by atoms with E-state index in [1.54, 1.807) is 36.0 Å². The third-order valence-electron chi connectivity index (χ3n) is 3.77. The van der Waals surface area contributed by atoms with E-state index in [0.29, 0.717) is 11.3 Å². The Morgan fingerprint density at radius 3 is 2.50 bits per heavy atom. The van der Waals surface area contributed by atoms with Crippen LogP contribution in [0.25, 0.3) is 0 Å². The van der Waals surface area contributed by atoms with Crippen molar-refractivity contribution >= 4 is 29.5 Å². The maximum Gasteiger partial charge on any atom is 0.412 e. The molecule has 8 heteroatoms. The number of phenols is 1. The molecule has 0 saturated heterocycles. The van der Waals surface area contributed by atoms with Gasteiger partial charge >= 0.3 is 12.1 Å². The molecular weight excluding hydrogens is 382 g/mol. The maximum absolute atomic E-state index is 12.3. The molecule has 0 spiro atoms. The van der Waals surface area contributed by atoms with Crippen molar-refractivity contribution in [3.05, 3.63) is 60.2 Å². The predicted molar refractivity (Wildman–Crippen MR) is 107 cm³/mol. The molecule has 0 aromatic heterocycles. The van der Waals surface area contributed by atoms with Crippen LogP contribution in [0.15, 0.2) is 59.5 Å². The molecule has 148 valence electrons. The summed E-state index contributed by atoms with van der Waals surface area (Å²) in [6.45, 7) is 0. The van der Waals surface area contributed by atoms with Crippen molar-refractivity contribution in [2.24, 2.45) is 0 Å². The lowest BCUT2D eigenvalue weighted by Crippen LogP contribution is -2.17. The minimum absolute atomic E-state index is 0.108. The molecule has 2 aromatic carbocycles. The predicted octanol–water partition coefficient (Wildman–Crippen LogP) is 4.44. The SMILES string of the molecule is COc1ccc([C@@H](C/C=C/C(=O)O)OC(=O)Nc2ccc(SC)cc2)cc1O. The average molecular weight is 403 g/mol. The van der Waals surface area contributed by atoms with E-state index in [9.17, 15) is 14.7 Å². The van der Waals surface area contributed by atoms with Gasteiger partial charge in [0, 0.05) is 23.1 Å². The molecule has 0 aliphatic heterocycles. The zero-order valence-corrected chi connectivity index (χ0v) is 16.2. The average Bonchev–Trinajstić information content (AvgIpc) is 2.67. The second-order valence-corrected chi connectivity index (χ2v) is 6.53. The lowest BCUT2D eigenvalue weighted by molar-refractivity contribution is -0.131. The van der Waals surface area contributed by atoms with Gasteiger partial charge in [-0.05, 0) is 48.2 Å². The summed E-state index contributed by atoms with van der Waals surface area (Å²) in [6.07, 6.45) is 2.94. The maximum atomic E-state index is 12.3. The minimum atomic E-state index is -1.10.